The Labute approximate surface area is 128 Å². The fourth-order valence-electron chi connectivity index (χ4n) is 2.76. The minimum absolute atomic E-state index is 0.0765. The zero-order chi connectivity index (χ0) is 15.1. The van der Waals surface area contributed by atoms with Gasteiger partial charge < -0.3 is 9.80 Å². The lowest BCUT2D eigenvalue weighted by Crippen LogP contribution is -2.29. The molecule has 1 aromatic heterocycles. The molecule has 0 atom stereocenters. The van der Waals surface area contributed by atoms with Crippen molar-refractivity contribution in [3.8, 4) is 0 Å². The number of aromatic nitrogens is 1. The summed E-state index contributed by atoms with van der Waals surface area (Å²) in [5.41, 5.74) is 1.79. The number of unbranched alkanes of at least 4 members (excludes halogenated alkanes) is 1. The first-order valence-corrected chi connectivity index (χ1v) is 8.18. The third kappa shape index (κ3) is 4.45. The summed E-state index contributed by atoms with van der Waals surface area (Å²) in [5.74, 6) is 0.0765. The summed E-state index contributed by atoms with van der Waals surface area (Å²) in [5, 5.41) is 0. The molecule has 0 bridgehead atoms. The molecule has 0 spiro atoms. The van der Waals surface area contributed by atoms with Gasteiger partial charge in [-0.15, -0.1) is 0 Å². The highest BCUT2D eigenvalue weighted by Crippen LogP contribution is 2.20. The molecule has 2 heterocycles. The normalized spacial score (nSPS) is 15.6. The molecule has 21 heavy (non-hydrogen) atoms. The number of carbonyl (C=O) groups is 1. The number of hydrogen-bond acceptors (Lipinski definition) is 3. The molecule has 4 nitrogen and oxygen atoms in total. The zero-order valence-corrected chi connectivity index (χ0v) is 13.3. The van der Waals surface area contributed by atoms with Crippen LogP contribution in [0.3, 0.4) is 0 Å². The Morgan fingerprint density at radius 2 is 1.95 bits per heavy atom. The van der Waals surface area contributed by atoms with Crippen molar-refractivity contribution in [2.75, 3.05) is 31.6 Å². The molecule has 1 fully saturated rings. The van der Waals surface area contributed by atoms with Gasteiger partial charge in [-0.2, -0.15) is 0 Å². The minimum atomic E-state index is 0.0765. The summed E-state index contributed by atoms with van der Waals surface area (Å²) in [6, 6.07) is 2.00. The number of amides is 1. The average molecular weight is 289 g/mol. The predicted molar refractivity (Wildman–Crippen MR) is 86.8 cm³/mol. The van der Waals surface area contributed by atoms with E-state index >= 15 is 0 Å². The summed E-state index contributed by atoms with van der Waals surface area (Å²) in [4.78, 5) is 20.9. The highest BCUT2D eigenvalue weighted by atomic mass is 16.2. The van der Waals surface area contributed by atoms with Crippen LogP contribution in [-0.4, -0.2) is 42.5 Å². The molecule has 1 saturated heterocycles. The molecule has 2 rings (SSSR count). The van der Waals surface area contributed by atoms with Crippen molar-refractivity contribution in [3.05, 3.63) is 24.0 Å². The second-order valence-corrected chi connectivity index (χ2v) is 5.91. The van der Waals surface area contributed by atoms with Crippen LogP contribution < -0.4 is 4.90 Å². The summed E-state index contributed by atoms with van der Waals surface area (Å²) >= 11 is 0. The lowest BCUT2D eigenvalue weighted by Gasteiger charge is -2.23. The summed E-state index contributed by atoms with van der Waals surface area (Å²) < 4.78 is 0. The van der Waals surface area contributed by atoms with Gasteiger partial charge in [-0.1, -0.05) is 26.2 Å². The molecular formula is C17H27N3O. The van der Waals surface area contributed by atoms with Crippen molar-refractivity contribution >= 4 is 11.6 Å². The molecule has 1 aliphatic heterocycles. The van der Waals surface area contributed by atoms with Crippen LogP contribution in [0, 0.1) is 0 Å². The van der Waals surface area contributed by atoms with Crippen molar-refractivity contribution in [2.45, 2.75) is 45.4 Å². The van der Waals surface area contributed by atoms with Gasteiger partial charge in [0.1, 0.15) is 0 Å². The molecule has 4 heteroatoms. The predicted octanol–water partition coefficient (Wildman–Crippen LogP) is 3.33. The molecule has 0 radical (unpaired) electrons. The molecule has 0 unspecified atom stereocenters. The number of anilines is 1. The van der Waals surface area contributed by atoms with E-state index in [4.69, 9.17) is 0 Å². The zero-order valence-electron chi connectivity index (χ0n) is 13.3. The second kappa shape index (κ2) is 8.01. The summed E-state index contributed by atoms with van der Waals surface area (Å²) in [7, 11) is 1.87. The van der Waals surface area contributed by atoms with Gasteiger partial charge >= 0.3 is 0 Å². The molecule has 1 aliphatic rings. The number of rotatable bonds is 5. The number of nitrogens with zero attached hydrogens (tertiary/aromatic N) is 3. The largest absolute Gasteiger partial charge is 0.370 e. The summed E-state index contributed by atoms with van der Waals surface area (Å²) in [6.45, 7) is 5.10. The van der Waals surface area contributed by atoms with E-state index in [0.717, 1.165) is 38.2 Å². The quantitative estimate of drug-likeness (QED) is 0.834. The molecule has 0 aliphatic carbocycles. The van der Waals surface area contributed by atoms with Gasteiger partial charge in [0, 0.05) is 32.9 Å². The third-order valence-electron chi connectivity index (χ3n) is 4.14. The van der Waals surface area contributed by atoms with Gasteiger partial charge in [-0.3, -0.25) is 9.78 Å². The van der Waals surface area contributed by atoms with Crippen LogP contribution in [0.25, 0.3) is 0 Å². The lowest BCUT2D eigenvalue weighted by molar-refractivity contribution is 0.0793. The molecule has 0 N–H and O–H groups in total. The Morgan fingerprint density at radius 1 is 1.24 bits per heavy atom. The van der Waals surface area contributed by atoms with Gasteiger partial charge in [0.25, 0.3) is 5.91 Å². The van der Waals surface area contributed by atoms with E-state index in [9.17, 15) is 4.79 Å². The Bertz CT molecular complexity index is 453. The monoisotopic (exact) mass is 289 g/mol. The maximum Gasteiger partial charge on any atom is 0.255 e. The standard InChI is InChI=1S/C17H27N3O/c1-3-4-9-19(2)17(21)15-12-16(14-18-13-15)20-10-7-5-6-8-11-20/h12-14H,3-11H2,1-2H3. The minimum Gasteiger partial charge on any atom is -0.370 e. The van der Waals surface area contributed by atoms with E-state index in [1.165, 1.54) is 25.7 Å². The van der Waals surface area contributed by atoms with Crippen LogP contribution in [-0.2, 0) is 0 Å². The van der Waals surface area contributed by atoms with Gasteiger partial charge in [0.2, 0.25) is 0 Å². The SMILES string of the molecule is CCCCN(C)C(=O)c1cncc(N2CCCCCC2)c1. The van der Waals surface area contributed by atoms with Crippen LogP contribution >= 0.6 is 0 Å². The van der Waals surface area contributed by atoms with Crippen molar-refractivity contribution in [1.29, 1.82) is 0 Å². The Hall–Kier alpha value is -1.58. The van der Waals surface area contributed by atoms with Gasteiger partial charge in [0.05, 0.1) is 17.4 Å². The van der Waals surface area contributed by atoms with Crippen molar-refractivity contribution in [2.24, 2.45) is 0 Å². The first kappa shape index (κ1) is 15.8. The molecular weight excluding hydrogens is 262 g/mol. The Balaban J connectivity index is 2.07. The van der Waals surface area contributed by atoms with E-state index in [0.29, 0.717) is 5.56 Å². The van der Waals surface area contributed by atoms with Crippen LogP contribution in [0.15, 0.2) is 18.5 Å². The first-order valence-electron chi connectivity index (χ1n) is 8.18. The van der Waals surface area contributed by atoms with E-state index < -0.39 is 0 Å². The Kier molecular flexibility index (Phi) is 6.03. The third-order valence-corrected chi connectivity index (χ3v) is 4.14. The number of hydrogen-bond donors (Lipinski definition) is 0. The van der Waals surface area contributed by atoms with Crippen LogP contribution in [0.1, 0.15) is 55.8 Å². The molecule has 0 saturated carbocycles. The molecule has 1 amide bonds. The smallest absolute Gasteiger partial charge is 0.255 e. The lowest BCUT2D eigenvalue weighted by atomic mass is 10.2. The number of carbonyl (C=O) groups excluding carboxylic acids is 1. The van der Waals surface area contributed by atoms with Gasteiger partial charge in [-0.25, -0.2) is 0 Å². The van der Waals surface area contributed by atoms with Crippen molar-refractivity contribution < 1.29 is 4.79 Å². The van der Waals surface area contributed by atoms with Gasteiger partial charge in [0.15, 0.2) is 0 Å². The highest BCUT2D eigenvalue weighted by Gasteiger charge is 2.15. The van der Waals surface area contributed by atoms with E-state index in [-0.39, 0.29) is 5.91 Å². The maximum absolute atomic E-state index is 12.4. The molecule has 116 valence electrons. The van der Waals surface area contributed by atoms with Crippen LogP contribution in [0.5, 0.6) is 0 Å². The number of pyridine rings is 1. The van der Waals surface area contributed by atoms with Crippen molar-refractivity contribution in [1.82, 2.24) is 9.88 Å². The van der Waals surface area contributed by atoms with E-state index in [1.54, 1.807) is 11.1 Å². The Morgan fingerprint density at radius 3 is 2.62 bits per heavy atom. The van der Waals surface area contributed by atoms with Gasteiger partial charge in [-0.05, 0) is 25.3 Å². The molecule has 1 aromatic rings. The second-order valence-electron chi connectivity index (χ2n) is 5.91. The maximum atomic E-state index is 12.4. The first-order chi connectivity index (χ1) is 10.2. The van der Waals surface area contributed by atoms with Crippen LogP contribution in [0.4, 0.5) is 5.69 Å². The molecule has 0 aromatic carbocycles. The van der Waals surface area contributed by atoms with Crippen molar-refractivity contribution in [3.63, 3.8) is 0 Å². The van der Waals surface area contributed by atoms with Crippen LogP contribution in [0.2, 0.25) is 0 Å². The van der Waals surface area contributed by atoms with E-state index in [2.05, 4.69) is 16.8 Å². The van der Waals surface area contributed by atoms with E-state index in [1.807, 2.05) is 19.3 Å². The average Bonchev–Trinajstić information content (AvgIpc) is 2.81. The highest BCUT2D eigenvalue weighted by molar-refractivity contribution is 5.94. The topological polar surface area (TPSA) is 36.4 Å². The fraction of sp³-hybridized carbons (Fsp3) is 0.647. The summed E-state index contributed by atoms with van der Waals surface area (Å²) in [6.07, 6.45) is 10.8. The fourth-order valence-corrected chi connectivity index (χ4v) is 2.76.